The predicted octanol–water partition coefficient (Wildman–Crippen LogP) is 3.34. The van der Waals surface area contributed by atoms with Gasteiger partial charge >= 0.3 is 0 Å². The van der Waals surface area contributed by atoms with Crippen LogP contribution in [0.25, 0.3) is 6.08 Å². The number of benzene rings is 2. The zero-order valence-corrected chi connectivity index (χ0v) is 20.5. The first kappa shape index (κ1) is 24.6. The minimum atomic E-state index is -0.479. The maximum Gasteiger partial charge on any atom is 0.276 e. The third-order valence-electron chi connectivity index (χ3n) is 3.64. The van der Waals surface area contributed by atoms with E-state index in [2.05, 4.69) is 48.0 Å². The molecule has 2 aromatic rings. The molecule has 0 aliphatic heterocycles. The molecule has 0 atom stereocenters. The van der Waals surface area contributed by atoms with Crippen molar-refractivity contribution in [3.8, 4) is 17.2 Å². The normalized spacial score (nSPS) is 10.3. The van der Waals surface area contributed by atoms with E-state index < -0.39 is 11.8 Å². The van der Waals surface area contributed by atoms with Gasteiger partial charge in [-0.05, 0) is 70.1 Å². The zero-order chi connectivity index (χ0) is 22.8. The van der Waals surface area contributed by atoms with Gasteiger partial charge in [0, 0.05) is 10.5 Å². The van der Waals surface area contributed by atoms with E-state index in [1.165, 1.54) is 13.2 Å². The summed E-state index contributed by atoms with van der Waals surface area (Å²) in [5.41, 5.74) is 5.51. The second kappa shape index (κ2) is 12.3. The highest BCUT2D eigenvalue weighted by atomic mass is 79.9. The van der Waals surface area contributed by atoms with Crippen molar-refractivity contribution in [3.05, 3.63) is 57.0 Å². The van der Waals surface area contributed by atoms with Crippen molar-refractivity contribution in [2.24, 2.45) is 0 Å². The first-order valence-electron chi connectivity index (χ1n) is 8.70. The minimum absolute atomic E-state index is 0.0693. The molecule has 0 fully saturated rings. The second-order valence-electron chi connectivity index (χ2n) is 5.80. The van der Waals surface area contributed by atoms with Gasteiger partial charge in [-0.25, -0.2) is 0 Å². The topological polar surface area (TPSA) is 97.9 Å². The summed E-state index contributed by atoms with van der Waals surface area (Å²) in [5.74, 6) is 0.683. The van der Waals surface area contributed by atoms with Gasteiger partial charge < -0.3 is 14.2 Å². The van der Waals surface area contributed by atoms with Crippen LogP contribution in [0.15, 0.2) is 51.4 Å². The van der Waals surface area contributed by atoms with Crippen LogP contribution in [-0.2, 0) is 9.59 Å². The van der Waals surface area contributed by atoms with E-state index in [1.54, 1.807) is 49.6 Å². The Morgan fingerprint density at radius 3 is 2.39 bits per heavy atom. The van der Waals surface area contributed by atoms with Crippen LogP contribution in [0, 0.1) is 0 Å². The van der Waals surface area contributed by atoms with Crippen LogP contribution in [-0.4, -0.2) is 37.8 Å². The Bertz CT molecular complexity index is 1000. The Labute approximate surface area is 201 Å². The molecule has 0 heterocycles. The molecule has 11 heteroatoms. The molecule has 0 aliphatic rings. The number of halogens is 2. The number of hydrogen-bond acceptors (Lipinski definition) is 6. The molecular formula is C20H19Br2N3O5S. The lowest BCUT2D eigenvalue weighted by molar-refractivity contribution is -0.123. The van der Waals surface area contributed by atoms with E-state index in [0.29, 0.717) is 21.7 Å². The van der Waals surface area contributed by atoms with E-state index in [0.717, 1.165) is 10.0 Å². The quantitative estimate of drug-likeness (QED) is 0.266. The summed E-state index contributed by atoms with van der Waals surface area (Å²) in [6.07, 6.45) is 2.88. The molecule has 2 rings (SSSR count). The molecule has 2 amide bonds. The first-order valence-corrected chi connectivity index (χ1v) is 10.7. The van der Waals surface area contributed by atoms with Crippen molar-refractivity contribution < 1.29 is 23.8 Å². The number of thiocarbonyl (C=S) groups is 1. The fourth-order valence-corrected chi connectivity index (χ4v) is 3.52. The maximum absolute atomic E-state index is 12.0. The number of nitrogens with one attached hydrogen (secondary N) is 3. The Balaban J connectivity index is 1.76. The molecule has 8 nitrogen and oxygen atoms in total. The van der Waals surface area contributed by atoms with Gasteiger partial charge in [0.25, 0.3) is 5.91 Å². The number of rotatable bonds is 7. The van der Waals surface area contributed by atoms with E-state index in [9.17, 15) is 9.59 Å². The number of hydrazine groups is 1. The van der Waals surface area contributed by atoms with Crippen molar-refractivity contribution in [3.63, 3.8) is 0 Å². The van der Waals surface area contributed by atoms with Crippen molar-refractivity contribution in [2.75, 3.05) is 20.8 Å². The molecule has 164 valence electrons. The van der Waals surface area contributed by atoms with Gasteiger partial charge in [-0.3, -0.25) is 25.8 Å². The molecule has 31 heavy (non-hydrogen) atoms. The molecule has 0 saturated heterocycles. The molecule has 0 bridgehead atoms. The summed E-state index contributed by atoms with van der Waals surface area (Å²) < 4.78 is 17.4. The highest BCUT2D eigenvalue weighted by Crippen LogP contribution is 2.28. The van der Waals surface area contributed by atoms with Crippen molar-refractivity contribution in [1.29, 1.82) is 0 Å². The molecule has 0 radical (unpaired) electrons. The smallest absolute Gasteiger partial charge is 0.276 e. The number of carbonyl (C=O) groups excluding carboxylic acids is 2. The van der Waals surface area contributed by atoms with Crippen molar-refractivity contribution in [2.45, 2.75) is 0 Å². The van der Waals surface area contributed by atoms with Gasteiger partial charge in [0.1, 0.15) is 5.75 Å². The lowest BCUT2D eigenvalue weighted by atomic mass is 10.2. The van der Waals surface area contributed by atoms with E-state index in [-0.39, 0.29) is 11.7 Å². The first-order chi connectivity index (χ1) is 14.8. The van der Waals surface area contributed by atoms with Crippen LogP contribution in [0.1, 0.15) is 5.56 Å². The molecule has 2 aromatic carbocycles. The third-order valence-corrected chi connectivity index (χ3v) is 4.96. The van der Waals surface area contributed by atoms with Gasteiger partial charge in [-0.2, -0.15) is 0 Å². The highest BCUT2D eigenvalue weighted by Gasteiger charge is 2.08. The van der Waals surface area contributed by atoms with Crippen LogP contribution >= 0.6 is 44.1 Å². The largest absolute Gasteiger partial charge is 0.493 e. The Kier molecular flexibility index (Phi) is 9.76. The summed E-state index contributed by atoms with van der Waals surface area (Å²) in [5, 5.41) is 2.35. The summed E-state index contributed by atoms with van der Waals surface area (Å²) in [7, 11) is 3.07. The second-order valence-corrected chi connectivity index (χ2v) is 7.98. The standard InChI is InChI=1S/C20H19Br2N3O5S/c1-28-16-6-3-12(9-17(16)29-2)4-8-18(26)23-20(31)25-24-19(27)11-30-15-7-5-13(21)10-14(15)22/h3-10H,11H2,1-2H3,(H,24,27)(H2,23,25,26,31)/b8-4+. The lowest BCUT2D eigenvalue weighted by Gasteiger charge is -2.11. The SMILES string of the molecule is COc1ccc(/C=C/C(=O)NC(=S)NNC(=O)COc2ccc(Br)cc2Br)cc1OC. The molecule has 0 spiro atoms. The summed E-state index contributed by atoms with van der Waals surface area (Å²) in [6, 6.07) is 10.5. The van der Waals surface area contributed by atoms with Crippen LogP contribution < -0.4 is 30.4 Å². The van der Waals surface area contributed by atoms with Gasteiger partial charge in [-0.1, -0.05) is 22.0 Å². The molecular weight excluding hydrogens is 554 g/mol. The molecule has 0 saturated carbocycles. The van der Waals surface area contributed by atoms with Crippen LogP contribution in [0.5, 0.6) is 17.2 Å². The van der Waals surface area contributed by atoms with Crippen LogP contribution in [0.2, 0.25) is 0 Å². The molecule has 0 aliphatic carbocycles. The third kappa shape index (κ3) is 8.19. The number of ether oxygens (including phenoxy) is 3. The van der Waals surface area contributed by atoms with Gasteiger partial charge in [-0.15, -0.1) is 0 Å². The van der Waals surface area contributed by atoms with Gasteiger partial charge in [0.15, 0.2) is 23.2 Å². The summed E-state index contributed by atoms with van der Waals surface area (Å²) in [6.45, 7) is -0.247. The fourth-order valence-electron chi connectivity index (χ4n) is 2.21. The van der Waals surface area contributed by atoms with Crippen LogP contribution in [0.3, 0.4) is 0 Å². The monoisotopic (exact) mass is 571 g/mol. The zero-order valence-electron chi connectivity index (χ0n) is 16.5. The summed E-state index contributed by atoms with van der Waals surface area (Å²) >= 11 is 11.7. The average molecular weight is 573 g/mol. The molecule has 0 aromatic heterocycles. The Hall–Kier alpha value is -2.63. The van der Waals surface area contributed by atoms with E-state index >= 15 is 0 Å². The predicted molar refractivity (Wildman–Crippen MR) is 128 cm³/mol. The van der Waals surface area contributed by atoms with E-state index in [1.807, 2.05) is 0 Å². The molecule has 3 N–H and O–H groups in total. The van der Waals surface area contributed by atoms with Crippen molar-refractivity contribution >= 4 is 67.1 Å². The Morgan fingerprint density at radius 2 is 1.71 bits per heavy atom. The van der Waals surface area contributed by atoms with Gasteiger partial charge in [0.05, 0.1) is 18.7 Å². The van der Waals surface area contributed by atoms with Crippen LogP contribution in [0.4, 0.5) is 0 Å². The number of amides is 2. The fraction of sp³-hybridized carbons (Fsp3) is 0.150. The van der Waals surface area contributed by atoms with Gasteiger partial charge in [0.2, 0.25) is 5.91 Å². The molecule has 0 unspecified atom stereocenters. The average Bonchev–Trinajstić information content (AvgIpc) is 2.75. The minimum Gasteiger partial charge on any atom is -0.493 e. The van der Waals surface area contributed by atoms with Crippen molar-refractivity contribution in [1.82, 2.24) is 16.2 Å². The highest BCUT2D eigenvalue weighted by molar-refractivity contribution is 9.11. The lowest BCUT2D eigenvalue weighted by Crippen LogP contribution is -2.49. The Morgan fingerprint density at radius 1 is 1.00 bits per heavy atom. The summed E-state index contributed by atoms with van der Waals surface area (Å²) in [4.78, 5) is 23.9. The number of carbonyl (C=O) groups is 2. The number of methoxy groups -OCH3 is 2. The maximum atomic E-state index is 12.0. The van der Waals surface area contributed by atoms with E-state index in [4.69, 9.17) is 26.4 Å². The number of hydrogen-bond donors (Lipinski definition) is 3.